The average molecular weight is 504 g/mol. The number of rotatable bonds is 6. The smallest absolute Gasteiger partial charge is 0.353 e. The molecule has 1 aromatic heterocycles. The molecule has 0 aliphatic carbocycles. The summed E-state index contributed by atoms with van der Waals surface area (Å²) < 4.78 is 24.0. The molecule has 0 N–H and O–H groups in total. The molecule has 33 heavy (non-hydrogen) atoms. The predicted molar refractivity (Wildman–Crippen MR) is 125 cm³/mol. The minimum Gasteiger partial charge on any atom is -0.493 e. The summed E-state index contributed by atoms with van der Waals surface area (Å²) in [4.78, 5) is 39.1. The number of thiophene rings is 1. The van der Waals surface area contributed by atoms with Gasteiger partial charge in [-0.2, -0.15) is 0 Å². The van der Waals surface area contributed by atoms with Gasteiger partial charge < -0.3 is 9.47 Å². The molecule has 3 aromatic rings. The maximum absolute atomic E-state index is 13.3. The largest absolute Gasteiger partial charge is 0.493 e. The van der Waals surface area contributed by atoms with Gasteiger partial charge in [0.1, 0.15) is 10.7 Å². The molecule has 1 aliphatic heterocycles. The average Bonchev–Trinajstić information content (AvgIpc) is 3.41. The fourth-order valence-corrected chi connectivity index (χ4v) is 4.68. The Bertz CT molecular complexity index is 1280. The van der Waals surface area contributed by atoms with Crippen LogP contribution in [0.4, 0.5) is 9.18 Å². The highest BCUT2D eigenvalue weighted by molar-refractivity contribution is 8.18. The number of hydrogen-bond donors (Lipinski definition) is 0. The van der Waals surface area contributed by atoms with Crippen molar-refractivity contribution in [2.75, 3.05) is 7.11 Å². The molecule has 1 aliphatic rings. The SMILES string of the molecule is COc1cc(/C=C2\SC(=O)N(Cc3ccc(F)cc3Cl)C2=O)ccc1OC(=O)c1cccs1. The van der Waals surface area contributed by atoms with Crippen molar-refractivity contribution in [2.24, 2.45) is 0 Å². The van der Waals surface area contributed by atoms with Crippen LogP contribution in [0.2, 0.25) is 5.02 Å². The van der Waals surface area contributed by atoms with E-state index in [1.54, 1.807) is 41.8 Å². The number of carbonyl (C=O) groups excluding carboxylic acids is 3. The number of hydrogen-bond acceptors (Lipinski definition) is 7. The van der Waals surface area contributed by atoms with Crippen molar-refractivity contribution in [1.29, 1.82) is 0 Å². The molecule has 2 amide bonds. The van der Waals surface area contributed by atoms with E-state index < -0.39 is 22.9 Å². The van der Waals surface area contributed by atoms with E-state index in [1.165, 1.54) is 30.6 Å². The van der Waals surface area contributed by atoms with E-state index in [2.05, 4.69) is 0 Å². The van der Waals surface area contributed by atoms with Crippen molar-refractivity contribution in [3.8, 4) is 11.5 Å². The van der Waals surface area contributed by atoms with E-state index in [9.17, 15) is 18.8 Å². The van der Waals surface area contributed by atoms with E-state index in [0.29, 0.717) is 21.8 Å². The monoisotopic (exact) mass is 503 g/mol. The Morgan fingerprint density at radius 3 is 2.67 bits per heavy atom. The first-order valence-electron chi connectivity index (χ1n) is 9.48. The zero-order valence-electron chi connectivity index (χ0n) is 17.0. The van der Waals surface area contributed by atoms with Crippen LogP contribution >= 0.6 is 34.7 Å². The summed E-state index contributed by atoms with van der Waals surface area (Å²) in [6, 6.07) is 12.0. The van der Waals surface area contributed by atoms with Gasteiger partial charge in [-0.05, 0) is 64.7 Å². The van der Waals surface area contributed by atoms with Crippen molar-refractivity contribution >= 4 is 57.9 Å². The summed E-state index contributed by atoms with van der Waals surface area (Å²) in [6.45, 7) is -0.0674. The maximum Gasteiger partial charge on any atom is 0.353 e. The van der Waals surface area contributed by atoms with E-state index in [1.807, 2.05) is 0 Å². The molecule has 0 bridgehead atoms. The van der Waals surface area contributed by atoms with Crippen LogP contribution in [0.3, 0.4) is 0 Å². The Hall–Kier alpha value is -3.14. The highest BCUT2D eigenvalue weighted by Gasteiger charge is 2.35. The molecule has 168 valence electrons. The molecule has 2 heterocycles. The van der Waals surface area contributed by atoms with Crippen LogP contribution in [0.1, 0.15) is 20.8 Å². The molecule has 0 atom stereocenters. The van der Waals surface area contributed by atoms with Crippen molar-refractivity contribution in [2.45, 2.75) is 6.54 Å². The van der Waals surface area contributed by atoms with E-state index in [-0.39, 0.29) is 22.2 Å². The van der Waals surface area contributed by atoms with Gasteiger partial charge in [0.25, 0.3) is 11.1 Å². The molecule has 0 unspecified atom stereocenters. The number of ether oxygens (including phenoxy) is 2. The standard InChI is InChI=1S/C23H15ClFNO5S2/c1-30-18-9-13(4-7-17(18)31-22(28)19-3-2-8-32-19)10-20-21(27)26(23(29)33-20)12-14-5-6-15(25)11-16(14)24/h2-11H,12H2,1H3/b20-10-. The van der Waals surface area contributed by atoms with Crippen molar-refractivity contribution in [3.63, 3.8) is 0 Å². The number of halogens is 2. The molecule has 1 saturated heterocycles. The third-order valence-electron chi connectivity index (χ3n) is 4.63. The fraction of sp³-hybridized carbons (Fsp3) is 0.0870. The summed E-state index contributed by atoms with van der Waals surface area (Å²) >= 11 is 8.08. The number of esters is 1. The van der Waals surface area contributed by atoms with Crippen LogP contribution in [0.15, 0.2) is 58.8 Å². The lowest BCUT2D eigenvalue weighted by atomic mass is 10.1. The molecule has 0 spiro atoms. The summed E-state index contributed by atoms with van der Waals surface area (Å²) in [7, 11) is 1.43. The highest BCUT2D eigenvalue weighted by Crippen LogP contribution is 2.36. The second kappa shape index (κ2) is 9.78. The fourth-order valence-electron chi connectivity index (χ4n) is 3.01. The topological polar surface area (TPSA) is 72.9 Å². The van der Waals surface area contributed by atoms with E-state index >= 15 is 0 Å². The second-order valence-corrected chi connectivity index (χ2v) is 9.13. The first kappa shape index (κ1) is 23.0. The van der Waals surface area contributed by atoms with Gasteiger partial charge >= 0.3 is 5.97 Å². The summed E-state index contributed by atoms with van der Waals surface area (Å²) in [5.74, 6) is -0.969. The Balaban J connectivity index is 1.53. The van der Waals surface area contributed by atoms with Gasteiger partial charge in [0.2, 0.25) is 0 Å². The molecule has 6 nitrogen and oxygen atoms in total. The number of benzene rings is 2. The van der Waals surface area contributed by atoms with Gasteiger partial charge in [-0.25, -0.2) is 9.18 Å². The van der Waals surface area contributed by atoms with Gasteiger partial charge in [-0.3, -0.25) is 14.5 Å². The minimum absolute atomic E-state index is 0.0674. The summed E-state index contributed by atoms with van der Waals surface area (Å²) in [5, 5.41) is 1.45. The van der Waals surface area contributed by atoms with Crippen LogP contribution in [0, 0.1) is 5.82 Å². The molecule has 1 fully saturated rings. The van der Waals surface area contributed by atoms with Crippen molar-refractivity contribution in [1.82, 2.24) is 4.90 Å². The molecule has 4 rings (SSSR count). The van der Waals surface area contributed by atoms with Gasteiger partial charge in [-0.15, -0.1) is 11.3 Å². The lowest BCUT2D eigenvalue weighted by Gasteiger charge is -2.13. The zero-order valence-corrected chi connectivity index (χ0v) is 19.4. The van der Waals surface area contributed by atoms with E-state index in [0.717, 1.165) is 22.7 Å². The minimum atomic E-state index is -0.503. The number of carbonyl (C=O) groups is 3. The van der Waals surface area contributed by atoms with Crippen LogP contribution < -0.4 is 9.47 Å². The summed E-state index contributed by atoms with van der Waals surface area (Å²) in [6.07, 6.45) is 1.55. The normalized spacial score (nSPS) is 14.8. The second-order valence-electron chi connectivity index (χ2n) is 6.78. The number of methoxy groups -OCH3 is 1. The lowest BCUT2D eigenvalue weighted by Crippen LogP contribution is -2.27. The van der Waals surface area contributed by atoms with Crippen LogP contribution in [0.5, 0.6) is 11.5 Å². The highest BCUT2D eigenvalue weighted by atomic mass is 35.5. The van der Waals surface area contributed by atoms with Gasteiger partial charge in [0.05, 0.1) is 18.6 Å². The number of amides is 2. The van der Waals surface area contributed by atoms with Crippen LogP contribution in [-0.4, -0.2) is 29.1 Å². The van der Waals surface area contributed by atoms with Crippen LogP contribution in [-0.2, 0) is 11.3 Å². The molecular weight excluding hydrogens is 489 g/mol. The first-order valence-corrected chi connectivity index (χ1v) is 11.6. The van der Waals surface area contributed by atoms with Crippen LogP contribution in [0.25, 0.3) is 6.08 Å². The first-order chi connectivity index (χ1) is 15.9. The third kappa shape index (κ3) is 5.11. The Kier molecular flexibility index (Phi) is 6.83. The predicted octanol–water partition coefficient (Wildman–Crippen LogP) is 6.00. The summed E-state index contributed by atoms with van der Waals surface area (Å²) in [5.41, 5.74) is 1.04. The number of nitrogens with zero attached hydrogens (tertiary/aromatic N) is 1. The Labute approximate surface area is 201 Å². The van der Waals surface area contributed by atoms with Gasteiger partial charge in [0, 0.05) is 5.02 Å². The lowest BCUT2D eigenvalue weighted by molar-refractivity contribution is -0.123. The maximum atomic E-state index is 13.3. The van der Waals surface area contributed by atoms with Gasteiger partial charge in [0.15, 0.2) is 11.5 Å². The van der Waals surface area contributed by atoms with Gasteiger partial charge in [-0.1, -0.05) is 29.8 Å². The molecule has 2 aromatic carbocycles. The van der Waals surface area contributed by atoms with E-state index in [4.69, 9.17) is 21.1 Å². The molecule has 0 radical (unpaired) electrons. The number of thioether (sulfide) groups is 1. The third-order valence-corrected chi connectivity index (χ3v) is 6.74. The van der Waals surface area contributed by atoms with Crippen molar-refractivity contribution < 1.29 is 28.2 Å². The molecular formula is C23H15ClFNO5S2. The Morgan fingerprint density at radius 1 is 1.15 bits per heavy atom. The molecule has 10 heteroatoms. The quantitative estimate of drug-likeness (QED) is 0.233. The number of imide groups is 1. The van der Waals surface area contributed by atoms with Crippen molar-refractivity contribution in [3.05, 3.63) is 85.7 Å². The zero-order chi connectivity index (χ0) is 23.5. The molecule has 0 saturated carbocycles. The Morgan fingerprint density at radius 2 is 1.97 bits per heavy atom.